The molecule has 120 valence electrons. The predicted molar refractivity (Wildman–Crippen MR) is 84.4 cm³/mol. The second kappa shape index (κ2) is 8.97. The summed E-state index contributed by atoms with van der Waals surface area (Å²) >= 11 is 0. The van der Waals surface area contributed by atoms with Crippen molar-refractivity contribution >= 4 is 10.0 Å². The van der Waals surface area contributed by atoms with Gasteiger partial charge in [0.25, 0.3) is 0 Å². The van der Waals surface area contributed by atoms with E-state index in [4.69, 9.17) is 0 Å². The topological polar surface area (TPSA) is 61.4 Å². The number of sulfonamides is 1. The maximum Gasteiger partial charge on any atom is 0.211 e. The number of rotatable bonds is 9. The van der Waals surface area contributed by atoms with Crippen LogP contribution in [0.3, 0.4) is 0 Å². The minimum Gasteiger partial charge on any atom is -0.314 e. The lowest BCUT2D eigenvalue weighted by Gasteiger charge is -2.23. The molecule has 1 aliphatic heterocycles. The average molecular weight is 305 g/mol. The molecule has 1 unspecified atom stereocenters. The van der Waals surface area contributed by atoms with Crippen LogP contribution in [0, 0.1) is 0 Å². The van der Waals surface area contributed by atoms with E-state index < -0.39 is 10.0 Å². The summed E-state index contributed by atoms with van der Waals surface area (Å²) in [7, 11) is -1.04. The quantitative estimate of drug-likeness (QED) is 0.628. The molecule has 0 amide bonds. The molecule has 0 bridgehead atoms. The van der Waals surface area contributed by atoms with Gasteiger partial charge in [-0.1, -0.05) is 6.42 Å². The standard InChI is InChI=1S/C14H31N3O2S/c1-13(2)17(3)11-6-10-16-20(18,19)12-8-14-7-4-5-9-15-14/h13-16H,4-12H2,1-3H3. The van der Waals surface area contributed by atoms with E-state index in [1.807, 2.05) is 0 Å². The third kappa shape index (κ3) is 7.57. The summed E-state index contributed by atoms with van der Waals surface area (Å²) in [4.78, 5) is 2.22. The number of hydrogen-bond donors (Lipinski definition) is 2. The number of piperidine rings is 1. The Labute approximate surface area is 124 Å². The molecule has 0 aliphatic carbocycles. The van der Waals surface area contributed by atoms with Crippen LogP contribution in [0.1, 0.15) is 46.0 Å². The van der Waals surface area contributed by atoms with Gasteiger partial charge >= 0.3 is 0 Å². The van der Waals surface area contributed by atoms with Gasteiger partial charge in [0.1, 0.15) is 0 Å². The van der Waals surface area contributed by atoms with E-state index in [1.54, 1.807) is 0 Å². The number of nitrogens with zero attached hydrogens (tertiary/aromatic N) is 1. The van der Waals surface area contributed by atoms with Gasteiger partial charge in [0.15, 0.2) is 0 Å². The second-order valence-corrected chi connectivity index (χ2v) is 8.00. The van der Waals surface area contributed by atoms with Gasteiger partial charge in [0, 0.05) is 18.6 Å². The molecule has 6 heteroatoms. The first-order chi connectivity index (χ1) is 9.41. The summed E-state index contributed by atoms with van der Waals surface area (Å²) in [6, 6.07) is 0.886. The van der Waals surface area contributed by atoms with Crippen LogP contribution in [0.2, 0.25) is 0 Å². The first kappa shape index (κ1) is 17.9. The van der Waals surface area contributed by atoms with E-state index in [1.165, 1.54) is 12.8 Å². The van der Waals surface area contributed by atoms with E-state index in [9.17, 15) is 8.42 Å². The van der Waals surface area contributed by atoms with Gasteiger partial charge in [0.05, 0.1) is 5.75 Å². The summed E-state index contributed by atoms with van der Waals surface area (Å²) in [5.74, 6) is 0.241. The van der Waals surface area contributed by atoms with Crippen molar-refractivity contribution in [1.29, 1.82) is 0 Å². The monoisotopic (exact) mass is 305 g/mol. The third-order valence-corrected chi connectivity index (χ3v) is 5.46. The van der Waals surface area contributed by atoms with Crippen molar-refractivity contribution in [2.75, 3.05) is 32.4 Å². The van der Waals surface area contributed by atoms with E-state index in [0.717, 1.165) is 32.4 Å². The summed E-state index contributed by atoms with van der Waals surface area (Å²) in [6.45, 7) is 6.77. The minimum atomic E-state index is -3.11. The largest absolute Gasteiger partial charge is 0.314 e. The van der Waals surface area contributed by atoms with E-state index >= 15 is 0 Å². The molecule has 0 aromatic heterocycles. The third-order valence-electron chi connectivity index (χ3n) is 4.04. The predicted octanol–water partition coefficient (Wildman–Crippen LogP) is 1.17. The molecule has 0 aromatic rings. The minimum absolute atomic E-state index is 0.241. The lowest BCUT2D eigenvalue weighted by Crippen LogP contribution is -2.37. The van der Waals surface area contributed by atoms with Crippen LogP contribution in [0.4, 0.5) is 0 Å². The first-order valence-electron chi connectivity index (χ1n) is 7.81. The molecule has 0 spiro atoms. The van der Waals surface area contributed by atoms with Crippen LogP contribution in [0.25, 0.3) is 0 Å². The molecule has 1 fully saturated rings. The van der Waals surface area contributed by atoms with Crippen LogP contribution in [0.5, 0.6) is 0 Å². The highest BCUT2D eigenvalue weighted by atomic mass is 32.2. The first-order valence-corrected chi connectivity index (χ1v) is 9.47. The van der Waals surface area contributed by atoms with Gasteiger partial charge in [0.2, 0.25) is 10.0 Å². The van der Waals surface area contributed by atoms with Crippen molar-refractivity contribution in [1.82, 2.24) is 14.9 Å². The van der Waals surface area contributed by atoms with E-state index in [0.29, 0.717) is 18.6 Å². The van der Waals surface area contributed by atoms with Gasteiger partial charge in [-0.2, -0.15) is 0 Å². The van der Waals surface area contributed by atoms with Gasteiger partial charge in [-0.25, -0.2) is 13.1 Å². The Morgan fingerprint density at radius 3 is 2.70 bits per heavy atom. The second-order valence-electron chi connectivity index (χ2n) is 6.08. The Balaban J connectivity index is 2.14. The van der Waals surface area contributed by atoms with Crippen molar-refractivity contribution < 1.29 is 8.42 Å². The zero-order valence-corrected chi connectivity index (χ0v) is 14.0. The fourth-order valence-electron chi connectivity index (χ4n) is 2.35. The van der Waals surface area contributed by atoms with Crippen molar-refractivity contribution in [2.24, 2.45) is 0 Å². The van der Waals surface area contributed by atoms with Gasteiger partial charge in [-0.15, -0.1) is 0 Å². The molecule has 20 heavy (non-hydrogen) atoms. The zero-order chi connectivity index (χ0) is 15.0. The molecule has 2 N–H and O–H groups in total. The van der Waals surface area contributed by atoms with E-state index in [2.05, 4.69) is 35.8 Å². The smallest absolute Gasteiger partial charge is 0.211 e. The Kier molecular flexibility index (Phi) is 8.02. The molecule has 1 rings (SSSR count). The number of hydrogen-bond acceptors (Lipinski definition) is 4. The highest BCUT2D eigenvalue weighted by molar-refractivity contribution is 7.89. The molecule has 1 aliphatic rings. The van der Waals surface area contributed by atoms with Crippen LogP contribution in [-0.4, -0.2) is 57.8 Å². The van der Waals surface area contributed by atoms with Crippen molar-refractivity contribution in [3.05, 3.63) is 0 Å². The van der Waals surface area contributed by atoms with Crippen LogP contribution in [0.15, 0.2) is 0 Å². The Hall–Kier alpha value is -0.170. The maximum absolute atomic E-state index is 11.9. The van der Waals surface area contributed by atoms with E-state index in [-0.39, 0.29) is 5.75 Å². The SMILES string of the molecule is CC(C)N(C)CCCNS(=O)(=O)CCC1CCCCN1. The van der Waals surface area contributed by atoms with Crippen LogP contribution < -0.4 is 10.0 Å². The Bertz CT molecular complexity index is 351. The molecule has 1 saturated heterocycles. The summed E-state index contributed by atoms with van der Waals surface area (Å²) in [6.07, 6.45) is 5.11. The normalized spacial score (nSPS) is 20.8. The van der Waals surface area contributed by atoms with Crippen LogP contribution >= 0.6 is 0 Å². The Morgan fingerprint density at radius 2 is 2.10 bits per heavy atom. The zero-order valence-electron chi connectivity index (χ0n) is 13.2. The summed E-state index contributed by atoms with van der Waals surface area (Å²) in [5, 5.41) is 3.39. The Morgan fingerprint density at radius 1 is 1.35 bits per heavy atom. The molecular weight excluding hydrogens is 274 g/mol. The van der Waals surface area contributed by atoms with Crippen molar-refractivity contribution in [3.63, 3.8) is 0 Å². The highest BCUT2D eigenvalue weighted by Gasteiger charge is 2.17. The molecule has 0 aromatic carbocycles. The summed E-state index contributed by atoms with van der Waals surface area (Å²) in [5.41, 5.74) is 0. The molecule has 0 radical (unpaired) electrons. The molecule has 0 saturated carbocycles. The van der Waals surface area contributed by atoms with Gasteiger partial charge in [-0.3, -0.25) is 0 Å². The van der Waals surface area contributed by atoms with Crippen molar-refractivity contribution in [3.8, 4) is 0 Å². The summed E-state index contributed by atoms with van der Waals surface area (Å²) < 4.78 is 26.5. The van der Waals surface area contributed by atoms with Crippen molar-refractivity contribution in [2.45, 2.75) is 58.0 Å². The lowest BCUT2D eigenvalue weighted by molar-refractivity contribution is 0.271. The van der Waals surface area contributed by atoms with Crippen LogP contribution in [-0.2, 0) is 10.0 Å². The molecular formula is C14H31N3O2S. The number of nitrogens with one attached hydrogen (secondary N) is 2. The van der Waals surface area contributed by atoms with Gasteiger partial charge < -0.3 is 10.2 Å². The highest BCUT2D eigenvalue weighted by Crippen LogP contribution is 2.10. The average Bonchev–Trinajstić information content (AvgIpc) is 2.42. The van der Waals surface area contributed by atoms with Gasteiger partial charge in [-0.05, 0) is 59.7 Å². The fourth-order valence-corrected chi connectivity index (χ4v) is 3.55. The molecule has 1 heterocycles. The fraction of sp³-hybridized carbons (Fsp3) is 1.00. The lowest BCUT2D eigenvalue weighted by atomic mass is 10.0. The maximum atomic E-state index is 11.9. The molecule has 5 nitrogen and oxygen atoms in total. The molecule has 1 atom stereocenters.